The van der Waals surface area contributed by atoms with Crippen LogP contribution in [0.5, 0.6) is 5.75 Å². The van der Waals surface area contributed by atoms with E-state index in [9.17, 15) is 4.79 Å². The van der Waals surface area contributed by atoms with Crippen LogP contribution in [0.1, 0.15) is 28.7 Å². The summed E-state index contributed by atoms with van der Waals surface area (Å²) in [5, 5.41) is 10.2. The van der Waals surface area contributed by atoms with Crippen LogP contribution in [0.15, 0.2) is 66.9 Å². The molecule has 4 rings (SSSR count). The molecule has 0 unspecified atom stereocenters. The fourth-order valence-electron chi connectivity index (χ4n) is 3.87. The Morgan fingerprint density at radius 3 is 2.50 bits per heavy atom. The van der Waals surface area contributed by atoms with Gasteiger partial charge in [0.1, 0.15) is 12.4 Å². The molecule has 0 aliphatic carbocycles. The van der Waals surface area contributed by atoms with Gasteiger partial charge in [-0.3, -0.25) is 4.79 Å². The Morgan fingerprint density at radius 2 is 1.73 bits per heavy atom. The number of aliphatic carboxylic acids is 1. The zero-order chi connectivity index (χ0) is 21.1. The van der Waals surface area contributed by atoms with Gasteiger partial charge in [-0.1, -0.05) is 41.5 Å². The third kappa shape index (κ3) is 4.54. The number of nitrogens with one attached hydrogen (secondary N) is 1. The fraction of sp³-hybridized carbons (Fsp3) is 0.192. The lowest BCUT2D eigenvalue weighted by atomic mass is 9.98. The lowest BCUT2D eigenvalue weighted by Gasteiger charge is -2.14. The second kappa shape index (κ2) is 8.46. The van der Waals surface area contributed by atoms with E-state index < -0.39 is 5.97 Å². The molecule has 152 valence electrons. The van der Waals surface area contributed by atoms with E-state index in [1.807, 2.05) is 30.5 Å². The Kier molecular flexibility index (Phi) is 5.57. The number of fused-ring (bicyclic) bond motifs is 1. The number of carbonyl (C=O) groups is 1. The molecule has 3 aromatic carbocycles. The highest BCUT2D eigenvalue weighted by atomic mass is 16.5. The van der Waals surface area contributed by atoms with E-state index in [2.05, 4.69) is 55.2 Å². The van der Waals surface area contributed by atoms with Crippen molar-refractivity contribution in [3.63, 3.8) is 0 Å². The van der Waals surface area contributed by atoms with Crippen LogP contribution in [0.4, 0.5) is 0 Å². The maximum absolute atomic E-state index is 11.0. The quantitative estimate of drug-likeness (QED) is 0.398. The normalized spacial score (nSPS) is 11.0. The van der Waals surface area contributed by atoms with Crippen LogP contribution in [0.25, 0.3) is 22.0 Å². The van der Waals surface area contributed by atoms with Crippen molar-refractivity contribution in [2.75, 3.05) is 0 Å². The molecular weight excluding hydrogens is 374 g/mol. The molecule has 0 aliphatic heterocycles. The summed E-state index contributed by atoms with van der Waals surface area (Å²) in [7, 11) is 0. The van der Waals surface area contributed by atoms with Crippen molar-refractivity contribution < 1.29 is 14.6 Å². The first-order chi connectivity index (χ1) is 14.5. The topological polar surface area (TPSA) is 62.3 Å². The van der Waals surface area contributed by atoms with Crippen molar-refractivity contribution in [1.29, 1.82) is 0 Å². The van der Waals surface area contributed by atoms with Crippen molar-refractivity contribution in [2.24, 2.45) is 0 Å². The number of hydrogen-bond donors (Lipinski definition) is 2. The summed E-state index contributed by atoms with van der Waals surface area (Å²) in [6, 6.07) is 20.7. The van der Waals surface area contributed by atoms with Crippen molar-refractivity contribution in [1.82, 2.24) is 4.98 Å². The first kappa shape index (κ1) is 19.8. The van der Waals surface area contributed by atoms with Crippen LogP contribution in [0.2, 0.25) is 0 Å². The lowest BCUT2D eigenvalue weighted by molar-refractivity contribution is -0.136. The Labute approximate surface area is 176 Å². The summed E-state index contributed by atoms with van der Waals surface area (Å²) >= 11 is 0. The number of H-pyrrole nitrogens is 1. The molecule has 0 saturated carbocycles. The summed E-state index contributed by atoms with van der Waals surface area (Å²) < 4.78 is 6.24. The molecule has 30 heavy (non-hydrogen) atoms. The molecule has 0 amide bonds. The molecule has 0 saturated heterocycles. The minimum absolute atomic E-state index is 0.110. The summed E-state index contributed by atoms with van der Waals surface area (Å²) in [5.41, 5.74) is 7.67. The summed E-state index contributed by atoms with van der Waals surface area (Å²) in [6.45, 7) is 4.66. The van der Waals surface area contributed by atoms with Crippen LogP contribution < -0.4 is 4.74 Å². The Morgan fingerprint density at radius 1 is 0.933 bits per heavy atom. The Hall–Kier alpha value is -3.53. The first-order valence-corrected chi connectivity index (χ1v) is 10.1. The van der Waals surface area contributed by atoms with Crippen molar-refractivity contribution in [3.8, 4) is 16.9 Å². The van der Waals surface area contributed by atoms with Gasteiger partial charge in [0.2, 0.25) is 0 Å². The minimum atomic E-state index is -0.791. The zero-order valence-electron chi connectivity index (χ0n) is 17.2. The number of benzene rings is 3. The van der Waals surface area contributed by atoms with Gasteiger partial charge in [0.15, 0.2) is 0 Å². The number of hydrogen-bond acceptors (Lipinski definition) is 2. The number of carboxylic acid groups (broad SMARTS) is 1. The molecular formula is C26H25NO3. The van der Waals surface area contributed by atoms with Crippen molar-refractivity contribution >= 4 is 16.9 Å². The lowest BCUT2D eigenvalue weighted by Crippen LogP contribution is -2.00. The van der Waals surface area contributed by atoms with Crippen molar-refractivity contribution in [2.45, 2.75) is 33.3 Å². The van der Waals surface area contributed by atoms with Gasteiger partial charge in [0.25, 0.3) is 0 Å². The highest BCUT2D eigenvalue weighted by molar-refractivity contribution is 5.86. The third-order valence-electron chi connectivity index (χ3n) is 5.21. The average Bonchev–Trinajstić information content (AvgIpc) is 3.18. The van der Waals surface area contributed by atoms with E-state index in [4.69, 9.17) is 9.84 Å². The highest BCUT2D eigenvalue weighted by Crippen LogP contribution is 2.34. The molecule has 4 nitrogen and oxygen atoms in total. The Balaban J connectivity index is 1.68. The number of carboxylic acids is 1. The molecule has 0 bridgehead atoms. The molecule has 0 atom stereocenters. The fourth-order valence-corrected chi connectivity index (χ4v) is 3.87. The molecule has 1 heterocycles. The second-order valence-corrected chi connectivity index (χ2v) is 7.79. The second-order valence-electron chi connectivity index (χ2n) is 7.79. The van der Waals surface area contributed by atoms with Crippen molar-refractivity contribution in [3.05, 3.63) is 89.1 Å². The monoisotopic (exact) mass is 399 g/mol. The highest BCUT2D eigenvalue weighted by Gasteiger charge is 2.11. The number of aryl methyl sites for hydroxylation is 3. The summed E-state index contributed by atoms with van der Waals surface area (Å²) in [6.07, 6.45) is 2.53. The zero-order valence-corrected chi connectivity index (χ0v) is 17.2. The van der Waals surface area contributed by atoms with E-state index >= 15 is 0 Å². The summed E-state index contributed by atoms with van der Waals surface area (Å²) in [5.74, 6) is 0.00329. The van der Waals surface area contributed by atoms with Crippen LogP contribution >= 0.6 is 0 Å². The molecule has 2 N–H and O–H groups in total. The van der Waals surface area contributed by atoms with Crippen LogP contribution in [0, 0.1) is 13.8 Å². The van der Waals surface area contributed by atoms with Gasteiger partial charge in [-0.15, -0.1) is 0 Å². The SMILES string of the molecule is Cc1cc(C)cc(COc2ccc(CCC(=O)O)cc2-c2ccc3[nH]ccc3c2)c1. The van der Waals surface area contributed by atoms with E-state index in [0.717, 1.165) is 38.9 Å². The standard InChI is InChI=1S/C26H25NO3/c1-17-11-18(2)13-20(12-17)16-30-25-7-3-19(4-8-26(28)29)14-23(25)21-5-6-24-22(15-21)9-10-27-24/h3,5-7,9-15,27H,4,8,16H2,1-2H3,(H,28,29). The van der Waals surface area contributed by atoms with Gasteiger partial charge in [-0.05, 0) is 72.7 Å². The van der Waals surface area contributed by atoms with E-state index in [1.54, 1.807) is 0 Å². The predicted molar refractivity (Wildman–Crippen MR) is 120 cm³/mol. The molecule has 0 fully saturated rings. The van der Waals surface area contributed by atoms with Gasteiger partial charge in [0.05, 0.1) is 0 Å². The molecule has 0 radical (unpaired) electrons. The van der Waals surface area contributed by atoms with Gasteiger partial charge in [-0.25, -0.2) is 0 Å². The number of aromatic nitrogens is 1. The molecule has 4 aromatic rings. The van der Waals surface area contributed by atoms with Crippen LogP contribution in [0.3, 0.4) is 0 Å². The van der Waals surface area contributed by atoms with Crippen LogP contribution in [-0.2, 0) is 17.8 Å². The van der Waals surface area contributed by atoms with Gasteiger partial charge < -0.3 is 14.8 Å². The van der Waals surface area contributed by atoms with Gasteiger partial charge in [0, 0.05) is 23.7 Å². The van der Waals surface area contributed by atoms with Gasteiger partial charge in [-0.2, -0.15) is 0 Å². The van der Waals surface area contributed by atoms with E-state index in [0.29, 0.717) is 13.0 Å². The van der Waals surface area contributed by atoms with E-state index in [1.165, 1.54) is 11.1 Å². The first-order valence-electron chi connectivity index (χ1n) is 10.1. The largest absolute Gasteiger partial charge is 0.488 e. The van der Waals surface area contributed by atoms with E-state index in [-0.39, 0.29) is 6.42 Å². The number of ether oxygens (including phenoxy) is 1. The molecule has 0 spiro atoms. The smallest absolute Gasteiger partial charge is 0.303 e. The average molecular weight is 399 g/mol. The minimum Gasteiger partial charge on any atom is -0.488 e. The third-order valence-corrected chi connectivity index (χ3v) is 5.21. The number of aromatic amines is 1. The molecule has 4 heteroatoms. The molecule has 1 aromatic heterocycles. The maximum Gasteiger partial charge on any atom is 0.303 e. The molecule has 0 aliphatic rings. The number of rotatable bonds is 7. The van der Waals surface area contributed by atoms with Crippen LogP contribution in [-0.4, -0.2) is 16.1 Å². The van der Waals surface area contributed by atoms with Gasteiger partial charge >= 0.3 is 5.97 Å². The maximum atomic E-state index is 11.0. The Bertz CT molecular complexity index is 1190. The summed E-state index contributed by atoms with van der Waals surface area (Å²) in [4.78, 5) is 14.2. The predicted octanol–water partition coefficient (Wildman–Crippen LogP) is 6.05.